The van der Waals surface area contributed by atoms with Crippen molar-refractivity contribution in [1.82, 2.24) is 10.3 Å². The summed E-state index contributed by atoms with van der Waals surface area (Å²) in [5, 5.41) is 3.26. The van der Waals surface area contributed by atoms with E-state index in [0.717, 1.165) is 25.2 Å². The largest absolute Gasteiger partial charge is 0.384 e. The molecule has 0 unspecified atom stereocenters. The number of rotatable bonds is 1. The lowest BCUT2D eigenvalue weighted by Gasteiger charge is -2.13. The van der Waals surface area contributed by atoms with Crippen molar-refractivity contribution in [3.05, 3.63) is 30.0 Å². The number of nitrogens with two attached hydrogens (primary N) is 1. The van der Waals surface area contributed by atoms with Gasteiger partial charge in [-0.15, -0.1) is 0 Å². The lowest BCUT2D eigenvalue weighted by molar-refractivity contribution is 0.737. The molecule has 0 amide bonds. The predicted molar refractivity (Wildman–Crippen MR) is 54.1 cm³/mol. The Morgan fingerprint density at radius 2 is 2.31 bits per heavy atom. The zero-order valence-corrected chi connectivity index (χ0v) is 7.46. The highest BCUT2D eigenvalue weighted by Gasteiger charge is 2.06. The van der Waals surface area contributed by atoms with E-state index in [4.69, 9.17) is 5.73 Å². The Labute approximate surface area is 77.7 Å². The fourth-order valence-electron chi connectivity index (χ4n) is 1.49. The maximum atomic E-state index is 5.61. The summed E-state index contributed by atoms with van der Waals surface area (Å²) in [6, 6.07) is 5.76. The van der Waals surface area contributed by atoms with E-state index in [2.05, 4.69) is 16.4 Å². The third kappa shape index (κ3) is 1.87. The lowest BCUT2D eigenvalue weighted by Crippen LogP contribution is -2.20. The summed E-state index contributed by atoms with van der Waals surface area (Å²) in [6.45, 7) is 1.97. The molecule has 1 aliphatic rings. The van der Waals surface area contributed by atoms with Crippen LogP contribution >= 0.6 is 0 Å². The third-order valence-corrected chi connectivity index (χ3v) is 2.16. The highest BCUT2D eigenvalue weighted by molar-refractivity contribution is 5.64. The van der Waals surface area contributed by atoms with Gasteiger partial charge in [0, 0.05) is 6.54 Å². The minimum Gasteiger partial charge on any atom is -0.384 e. The zero-order valence-electron chi connectivity index (χ0n) is 7.46. The first-order chi connectivity index (χ1) is 6.36. The second-order valence-electron chi connectivity index (χ2n) is 3.13. The molecule has 2 rings (SSSR count). The van der Waals surface area contributed by atoms with Crippen molar-refractivity contribution in [3.63, 3.8) is 0 Å². The molecule has 0 bridgehead atoms. The second-order valence-corrected chi connectivity index (χ2v) is 3.13. The molecule has 2 heterocycles. The summed E-state index contributed by atoms with van der Waals surface area (Å²) < 4.78 is 0. The van der Waals surface area contributed by atoms with E-state index < -0.39 is 0 Å². The molecule has 0 spiro atoms. The van der Waals surface area contributed by atoms with Gasteiger partial charge in [0.05, 0.1) is 5.69 Å². The van der Waals surface area contributed by atoms with Crippen LogP contribution in [0.2, 0.25) is 0 Å². The first-order valence-electron chi connectivity index (χ1n) is 4.49. The average molecular weight is 175 g/mol. The van der Waals surface area contributed by atoms with Gasteiger partial charge >= 0.3 is 0 Å². The molecule has 0 saturated carbocycles. The zero-order chi connectivity index (χ0) is 9.10. The molecule has 3 N–H and O–H groups in total. The smallest absolute Gasteiger partial charge is 0.124 e. The number of hydrogen-bond donors (Lipinski definition) is 2. The molecule has 0 saturated heterocycles. The van der Waals surface area contributed by atoms with Crippen molar-refractivity contribution >= 4 is 11.4 Å². The minimum atomic E-state index is 0.594. The Hall–Kier alpha value is -1.35. The minimum absolute atomic E-state index is 0.594. The van der Waals surface area contributed by atoms with Crippen LogP contribution in [0, 0.1) is 0 Å². The summed E-state index contributed by atoms with van der Waals surface area (Å²) in [4.78, 5) is 4.28. The maximum absolute atomic E-state index is 5.61. The van der Waals surface area contributed by atoms with Gasteiger partial charge < -0.3 is 11.1 Å². The van der Waals surface area contributed by atoms with Gasteiger partial charge in [0.1, 0.15) is 5.82 Å². The molecule has 0 fully saturated rings. The van der Waals surface area contributed by atoms with Crippen molar-refractivity contribution in [2.24, 2.45) is 0 Å². The molecule has 1 aromatic heterocycles. The summed E-state index contributed by atoms with van der Waals surface area (Å²) >= 11 is 0. The average Bonchev–Trinajstić information content (AvgIpc) is 2.19. The molecule has 0 atom stereocenters. The van der Waals surface area contributed by atoms with E-state index >= 15 is 0 Å². The van der Waals surface area contributed by atoms with Gasteiger partial charge in [-0.25, -0.2) is 4.98 Å². The molecule has 0 aromatic carbocycles. The summed E-state index contributed by atoms with van der Waals surface area (Å²) in [5.41, 5.74) is 7.92. The highest BCUT2D eigenvalue weighted by Crippen LogP contribution is 2.17. The van der Waals surface area contributed by atoms with Crippen molar-refractivity contribution in [2.45, 2.75) is 6.42 Å². The van der Waals surface area contributed by atoms with Gasteiger partial charge in [-0.2, -0.15) is 0 Å². The lowest BCUT2D eigenvalue weighted by atomic mass is 10.1. The number of nitrogen functional groups attached to an aromatic ring is 1. The van der Waals surface area contributed by atoms with Gasteiger partial charge in [-0.05, 0) is 30.7 Å². The molecule has 0 aliphatic carbocycles. The first kappa shape index (κ1) is 8.26. The van der Waals surface area contributed by atoms with Crippen LogP contribution in [0.4, 0.5) is 5.82 Å². The Balaban J connectivity index is 2.29. The van der Waals surface area contributed by atoms with E-state index in [-0.39, 0.29) is 0 Å². The van der Waals surface area contributed by atoms with Gasteiger partial charge in [0.15, 0.2) is 0 Å². The number of nitrogens with one attached hydrogen (secondary N) is 1. The van der Waals surface area contributed by atoms with E-state index in [9.17, 15) is 0 Å². The van der Waals surface area contributed by atoms with Crippen molar-refractivity contribution in [3.8, 4) is 0 Å². The Morgan fingerprint density at radius 1 is 1.38 bits per heavy atom. The third-order valence-electron chi connectivity index (χ3n) is 2.16. The Bertz CT molecular complexity index is 331. The van der Waals surface area contributed by atoms with Crippen LogP contribution < -0.4 is 11.1 Å². The molecule has 3 nitrogen and oxygen atoms in total. The van der Waals surface area contributed by atoms with Crippen LogP contribution in [0.1, 0.15) is 12.1 Å². The molecule has 0 radical (unpaired) electrons. The second kappa shape index (κ2) is 3.58. The number of nitrogens with zero attached hydrogens (tertiary/aromatic N) is 1. The number of pyridine rings is 1. The molecular formula is C10H13N3. The van der Waals surface area contributed by atoms with Crippen molar-refractivity contribution < 1.29 is 0 Å². The first-order valence-corrected chi connectivity index (χ1v) is 4.49. The van der Waals surface area contributed by atoms with Gasteiger partial charge in [-0.1, -0.05) is 12.1 Å². The van der Waals surface area contributed by atoms with Crippen LogP contribution in [0.15, 0.2) is 24.3 Å². The number of anilines is 1. The standard InChI is InChI=1S/C10H13N3/c11-10-3-1-2-9(13-10)8-4-6-12-7-5-8/h1-4,12H,5-7H2,(H2,11,13). The maximum Gasteiger partial charge on any atom is 0.124 e. The fraction of sp³-hybridized carbons (Fsp3) is 0.300. The number of hydrogen-bond acceptors (Lipinski definition) is 3. The normalized spacial score (nSPS) is 16.8. The topological polar surface area (TPSA) is 50.9 Å². The van der Waals surface area contributed by atoms with E-state index in [1.165, 1.54) is 5.57 Å². The number of aromatic nitrogens is 1. The van der Waals surface area contributed by atoms with Crippen LogP contribution in [0.5, 0.6) is 0 Å². The van der Waals surface area contributed by atoms with Crippen molar-refractivity contribution in [2.75, 3.05) is 18.8 Å². The van der Waals surface area contributed by atoms with Crippen LogP contribution in [-0.4, -0.2) is 18.1 Å². The predicted octanol–water partition coefficient (Wildman–Crippen LogP) is 1.04. The van der Waals surface area contributed by atoms with E-state index in [1.54, 1.807) is 0 Å². The van der Waals surface area contributed by atoms with Gasteiger partial charge in [-0.3, -0.25) is 0 Å². The summed E-state index contributed by atoms with van der Waals surface area (Å²) in [7, 11) is 0. The molecular weight excluding hydrogens is 162 g/mol. The van der Waals surface area contributed by atoms with Gasteiger partial charge in [0.25, 0.3) is 0 Å². The summed E-state index contributed by atoms with van der Waals surface area (Å²) in [5.74, 6) is 0.594. The Kier molecular flexibility index (Phi) is 2.27. The van der Waals surface area contributed by atoms with Crippen LogP contribution in [-0.2, 0) is 0 Å². The Morgan fingerprint density at radius 3 is 3.00 bits per heavy atom. The molecule has 1 aliphatic heterocycles. The quantitative estimate of drug-likeness (QED) is 0.670. The monoisotopic (exact) mass is 175 g/mol. The van der Waals surface area contributed by atoms with Crippen LogP contribution in [0.25, 0.3) is 5.57 Å². The fourth-order valence-corrected chi connectivity index (χ4v) is 1.49. The summed E-state index contributed by atoms with van der Waals surface area (Å²) in [6.07, 6.45) is 3.21. The van der Waals surface area contributed by atoms with Crippen molar-refractivity contribution in [1.29, 1.82) is 0 Å². The van der Waals surface area contributed by atoms with E-state index in [1.807, 2.05) is 18.2 Å². The molecule has 3 heteroatoms. The van der Waals surface area contributed by atoms with E-state index in [0.29, 0.717) is 5.82 Å². The molecule has 68 valence electrons. The highest BCUT2D eigenvalue weighted by atomic mass is 14.9. The molecule has 13 heavy (non-hydrogen) atoms. The SMILES string of the molecule is Nc1cccc(C2=CCNCC2)n1. The van der Waals surface area contributed by atoms with Gasteiger partial charge in [0.2, 0.25) is 0 Å². The molecule has 1 aromatic rings. The van der Waals surface area contributed by atoms with Crippen LogP contribution in [0.3, 0.4) is 0 Å².